The smallest absolute Gasteiger partial charge is 0.243 e. The molecule has 0 aliphatic carbocycles. The number of sulfonamides is 1. The minimum Gasteiger partial charge on any atom is -0.396 e. The molecule has 2 aromatic rings. The summed E-state index contributed by atoms with van der Waals surface area (Å²) in [6.07, 6.45) is 0. The Hall–Kier alpha value is -1.70. The molecular weight excluding hydrogens is 322 g/mol. The molecule has 3 N–H and O–H groups in total. The molecule has 0 spiro atoms. The highest BCUT2D eigenvalue weighted by Gasteiger charge is 2.21. The van der Waals surface area contributed by atoms with Gasteiger partial charge in [-0.2, -0.15) is 0 Å². The van der Waals surface area contributed by atoms with Gasteiger partial charge >= 0.3 is 0 Å². The second-order valence-electron chi connectivity index (χ2n) is 4.22. The molecule has 21 heavy (non-hydrogen) atoms. The number of hydrogen-bond acceptors (Lipinski definition) is 3. The topological polar surface area (TPSA) is 72.2 Å². The highest BCUT2D eigenvalue weighted by atomic mass is 35.5. The third kappa shape index (κ3) is 3.49. The monoisotopic (exact) mass is 332 g/mol. The molecule has 0 bridgehead atoms. The summed E-state index contributed by atoms with van der Waals surface area (Å²) in [4.78, 5) is -0.714. The molecule has 2 aromatic carbocycles. The number of hydrogen-bond donors (Lipinski definition) is 2. The number of halogens is 3. The second-order valence-corrected chi connectivity index (χ2v) is 6.36. The number of nitrogens with one attached hydrogen (secondary N) is 1. The Balaban J connectivity index is 2.27. The molecule has 8 heteroatoms. The van der Waals surface area contributed by atoms with Crippen LogP contribution in [0.15, 0.2) is 41.3 Å². The van der Waals surface area contributed by atoms with Gasteiger partial charge in [0.05, 0.1) is 5.69 Å². The van der Waals surface area contributed by atoms with Gasteiger partial charge in [-0.15, -0.1) is 0 Å². The molecule has 0 heterocycles. The van der Waals surface area contributed by atoms with Crippen LogP contribution in [0.4, 0.5) is 14.5 Å². The Bertz CT molecular complexity index is 782. The van der Waals surface area contributed by atoms with Crippen molar-refractivity contribution >= 4 is 27.3 Å². The van der Waals surface area contributed by atoms with Crippen LogP contribution in [0.2, 0.25) is 5.02 Å². The van der Waals surface area contributed by atoms with E-state index in [0.717, 1.165) is 6.07 Å². The van der Waals surface area contributed by atoms with Crippen LogP contribution in [0.5, 0.6) is 0 Å². The third-order valence-corrected chi connectivity index (χ3v) is 4.54. The van der Waals surface area contributed by atoms with Gasteiger partial charge in [-0.05, 0) is 17.7 Å². The summed E-state index contributed by atoms with van der Waals surface area (Å²) in [5, 5.41) is 0.374. The van der Waals surface area contributed by atoms with E-state index in [9.17, 15) is 17.2 Å². The standard InChI is InChI=1S/C13H11ClF2N2O2S/c14-9-4-2-1-3-8(9)7-18-21(19,20)13-6-12(17)10(15)5-11(13)16/h1-6,18H,7,17H2. The lowest BCUT2D eigenvalue weighted by molar-refractivity contribution is 0.544. The van der Waals surface area contributed by atoms with Crippen molar-refractivity contribution < 1.29 is 17.2 Å². The quantitative estimate of drug-likeness (QED) is 0.845. The maximum Gasteiger partial charge on any atom is 0.243 e. The van der Waals surface area contributed by atoms with E-state index in [2.05, 4.69) is 4.72 Å². The van der Waals surface area contributed by atoms with Crippen LogP contribution < -0.4 is 10.5 Å². The molecular formula is C13H11ClF2N2O2S. The van der Waals surface area contributed by atoms with E-state index >= 15 is 0 Å². The molecule has 0 aromatic heterocycles. The van der Waals surface area contributed by atoms with Gasteiger partial charge in [0.2, 0.25) is 10.0 Å². The maximum absolute atomic E-state index is 13.6. The Kier molecular flexibility index (Phi) is 4.46. The Morgan fingerprint density at radius 1 is 1.14 bits per heavy atom. The molecule has 0 aliphatic rings. The van der Waals surface area contributed by atoms with E-state index in [1.165, 1.54) is 0 Å². The number of rotatable bonds is 4. The van der Waals surface area contributed by atoms with Crippen LogP contribution in [0, 0.1) is 11.6 Å². The normalized spacial score (nSPS) is 11.6. The molecule has 0 atom stereocenters. The summed E-state index contributed by atoms with van der Waals surface area (Å²) < 4.78 is 52.9. The molecule has 0 aliphatic heterocycles. The molecule has 0 unspecified atom stereocenters. The van der Waals surface area contributed by atoms with Gasteiger partial charge in [-0.3, -0.25) is 0 Å². The first-order valence-electron chi connectivity index (χ1n) is 5.79. The number of benzene rings is 2. The maximum atomic E-state index is 13.6. The largest absolute Gasteiger partial charge is 0.396 e. The average molecular weight is 333 g/mol. The van der Waals surface area contributed by atoms with Crippen LogP contribution >= 0.6 is 11.6 Å². The van der Waals surface area contributed by atoms with E-state index in [1.54, 1.807) is 24.3 Å². The molecule has 0 saturated carbocycles. The van der Waals surface area contributed by atoms with Crippen molar-refractivity contribution in [1.82, 2.24) is 4.72 Å². The Morgan fingerprint density at radius 3 is 2.48 bits per heavy atom. The van der Waals surface area contributed by atoms with Crippen molar-refractivity contribution in [3.05, 3.63) is 58.6 Å². The van der Waals surface area contributed by atoms with Gasteiger partial charge in [0.15, 0.2) is 0 Å². The van der Waals surface area contributed by atoms with Crippen molar-refractivity contribution in [2.24, 2.45) is 0 Å². The fourth-order valence-corrected chi connectivity index (χ4v) is 2.94. The van der Waals surface area contributed by atoms with Crippen LogP contribution in [-0.2, 0) is 16.6 Å². The van der Waals surface area contributed by atoms with E-state index in [-0.39, 0.29) is 6.54 Å². The van der Waals surface area contributed by atoms with E-state index in [0.29, 0.717) is 16.7 Å². The highest BCUT2D eigenvalue weighted by molar-refractivity contribution is 7.89. The van der Waals surface area contributed by atoms with Crippen molar-refractivity contribution in [3.63, 3.8) is 0 Å². The number of nitrogen functional groups attached to an aromatic ring is 1. The van der Waals surface area contributed by atoms with Crippen LogP contribution in [0.3, 0.4) is 0 Å². The summed E-state index contributed by atoms with van der Waals surface area (Å²) in [6, 6.07) is 7.77. The first-order chi connectivity index (χ1) is 9.81. The lowest BCUT2D eigenvalue weighted by Crippen LogP contribution is -2.24. The number of anilines is 1. The summed E-state index contributed by atoms with van der Waals surface area (Å²) in [5.41, 5.74) is 5.34. The molecule has 0 saturated heterocycles. The van der Waals surface area contributed by atoms with Gasteiger partial charge in [0.1, 0.15) is 16.5 Å². The first-order valence-corrected chi connectivity index (χ1v) is 7.65. The Morgan fingerprint density at radius 2 is 1.81 bits per heavy atom. The van der Waals surface area contributed by atoms with Gasteiger partial charge in [-0.25, -0.2) is 21.9 Å². The van der Waals surface area contributed by atoms with Crippen molar-refractivity contribution in [1.29, 1.82) is 0 Å². The minimum absolute atomic E-state index is 0.126. The molecule has 0 fully saturated rings. The van der Waals surface area contributed by atoms with Crippen LogP contribution in [0.25, 0.3) is 0 Å². The zero-order chi connectivity index (χ0) is 15.6. The van der Waals surface area contributed by atoms with Crippen molar-refractivity contribution in [2.45, 2.75) is 11.4 Å². The summed E-state index contributed by atoms with van der Waals surface area (Å²) in [7, 11) is -4.18. The van der Waals surface area contributed by atoms with Gasteiger partial charge in [0.25, 0.3) is 0 Å². The second kappa shape index (κ2) is 5.97. The molecule has 112 valence electrons. The lowest BCUT2D eigenvalue weighted by Gasteiger charge is -2.10. The average Bonchev–Trinajstić information content (AvgIpc) is 2.42. The molecule has 0 radical (unpaired) electrons. The summed E-state index contributed by atoms with van der Waals surface area (Å²) in [6.45, 7) is -0.126. The molecule has 0 amide bonds. The summed E-state index contributed by atoms with van der Waals surface area (Å²) >= 11 is 5.90. The van der Waals surface area contributed by atoms with Crippen LogP contribution in [0.1, 0.15) is 5.56 Å². The van der Waals surface area contributed by atoms with Gasteiger partial charge in [-0.1, -0.05) is 29.8 Å². The molecule has 4 nitrogen and oxygen atoms in total. The minimum atomic E-state index is -4.18. The fraction of sp³-hybridized carbons (Fsp3) is 0.0769. The predicted octanol–water partition coefficient (Wildman–Crippen LogP) is 2.68. The van der Waals surface area contributed by atoms with Crippen molar-refractivity contribution in [3.8, 4) is 0 Å². The van der Waals surface area contributed by atoms with E-state index in [4.69, 9.17) is 17.3 Å². The van der Waals surface area contributed by atoms with Crippen LogP contribution in [-0.4, -0.2) is 8.42 Å². The van der Waals surface area contributed by atoms with Crippen molar-refractivity contribution in [2.75, 3.05) is 5.73 Å². The zero-order valence-electron chi connectivity index (χ0n) is 10.6. The van der Waals surface area contributed by atoms with E-state index in [1.807, 2.05) is 0 Å². The van der Waals surface area contributed by atoms with Gasteiger partial charge in [0, 0.05) is 17.6 Å². The van der Waals surface area contributed by atoms with Gasteiger partial charge < -0.3 is 5.73 Å². The fourth-order valence-electron chi connectivity index (χ4n) is 1.64. The summed E-state index contributed by atoms with van der Waals surface area (Å²) in [5.74, 6) is -2.23. The Labute approximate surface area is 125 Å². The SMILES string of the molecule is Nc1cc(S(=O)(=O)NCc2ccccc2Cl)c(F)cc1F. The van der Waals surface area contributed by atoms with E-state index < -0.39 is 32.2 Å². The predicted molar refractivity (Wildman–Crippen MR) is 76.2 cm³/mol. The molecule has 2 rings (SSSR count). The highest BCUT2D eigenvalue weighted by Crippen LogP contribution is 2.21. The first kappa shape index (κ1) is 15.7. The number of nitrogens with two attached hydrogens (primary N) is 1. The third-order valence-electron chi connectivity index (χ3n) is 2.75. The zero-order valence-corrected chi connectivity index (χ0v) is 12.2. The lowest BCUT2D eigenvalue weighted by atomic mass is 10.2.